The van der Waals surface area contributed by atoms with Crippen molar-refractivity contribution in [1.29, 1.82) is 0 Å². The fourth-order valence-corrected chi connectivity index (χ4v) is 7.80. The van der Waals surface area contributed by atoms with Crippen molar-refractivity contribution in [3.63, 3.8) is 0 Å². The molecule has 2 spiro atoms. The standard InChI is InChI=1S/C30H35N5O2S/c1-20-28(38-24-8-13-31-27-25(24)37-19-30(34(27)2)9-5-10-30)33-23(18-36)26(32-20)35-14-11-29(12-15-35)16-21-6-3-4-7-22(21)17-29/h3-4,6-8,13,36H,5,9-12,14-19H2,1-2H3. The Morgan fingerprint density at radius 1 is 1.00 bits per heavy atom. The predicted molar refractivity (Wildman–Crippen MR) is 149 cm³/mol. The minimum Gasteiger partial charge on any atom is -0.486 e. The minimum atomic E-state index is -0.126. The van der Waals surface area contributed by atoms with Crippen LogP contribution in [-0.4, -0.2) is 52.3 Å². The highest BCUT2D eigenvalue weighted by Crippen LogP contribution is 2.50. The van der Waals surface area contributed by atoms with Crippen LogP contribution < -0.4 is 14.5 Å². The summed E-state index contributed by atoms with van der Waals surface area (Å²) in [6, 6.07) is 10.9. The molecule has 38 heavy (non-hydrogen) atoms. The van der Waals surface area contributed by atoms with Crippen LogP contribution in [-0.2, 0) is 19.4 Å². The van der Waals surface area contributed by atoms with Crippen molar-refractivity contribution in [2.24, 2.45) is 5.41 Å². The second kappa shape index (κ2) is 9.12. The number of hydrogen-bond donors (Lipinski definition) is 1. The number of piperidine rings is 1. The molecule has 7 nitrogen and oxygen atoms in total. The number of rotatable bonds is 4. The highest BCUT2D eigenvalue weighted by atomic mass is 32.2. The van der Waals surface area contributed by atoms with Crippen LogP contribution in [0.5, 0.6) is 5.75 Å². The van der Waals surface area contributed by atoms with Crippen molar-refractivity contribution in [3.8, 4) is 5.75 Å². The van der Waals surface area contributed by atoms with E-state index in [0.717, 1.165) is 71.8 Å². The molecule has 0 radical (unpaired) electrons. The largest absolute Gasteiger partial charge is 0.486 e. The molecule has 198 valence electrons. The van der Waals surface area contributed by atoms with Gasteiger partial charge in [0.15, 0.2) is 17.4 Å². The molecule has 0 atom stereocenters. The Bertz CT molecular complexity index is 1360. The Labute approximate surface area is 228 Å². The van der Waals surface area contributed by atoms with Gasteiger partial charge >= 0.3 is 0 Å². The van der Waals surface area contributed by atoms with Gasteiger partial charge in [0, 0.05) is 26.3 Å². The Morgan fingerprint density at radius 2 is 1.74 bits per heavy atom. The molecule has 1 N–H and O–H groups in total. The van der Waals surface area contributed by atoms with Crippen LogP contribution in [0.15, 0.2) is 46.5 Å². The maximum absolute atomic E-state index is 10.3. The molecule has 4 aliphatic rings. The first-order chi connectivity index (χ1) is 18.5. The lowest BCUT2D eigenvalue weighted by molar-refractivity contribution is 0.116. The molecule has 2 aliphatic heterocycles. The summed E-state index contributed by atoms with van der Waals surface area (Å²) >= 11 is 1.55. The van der Waals surface area contributed by atoms with Crippen molar-refractivity contribution >= 4 is 23.4 Å². The molecule has 1 aromatic carbocycles. The van der Waals surface area contributed by atoms with E-state index in [9.17, 15) is 5.11 Å². The maximum atomic E-state index is 10.3. The lowest BCUT2D eigenvalue weighted by Gasteiger charge is -2.51. The second-order valence-corrected chi connectivity index (χ2v) is 12.7. The van der Waals surface area contributed by atoms with Gasteiger partial charge in [-0.1, -0.05) is 36.0 Å². The number of aliphatic hydroxyl groups excluding tert-OH is 1. The highest BCUT2D eigenvalue weighted by molar-refractivity contribution is 7.99. The number of aromatic nitrogens is 3. The molecule has 1 saturated heterocycles. The van der Waals surface area contributed by atoms with Gasteiger partial charge in [-0.3, -0.25) is 0 Å². The molecule has 0 amide bonds. The van der Waals surface area contributed by atoms with Crippen molar-refractivity contribution in [3.05, 3.63) is 59.0 Å². The number of pyridine rings is 1. The first-order valence-electron chi connectivity index (χ1n) is 13.8. The number of aliphatic hydroxyl groups is 1. The van der Waals surface area contributed by atoms with E-state index < -0.39 is 0 Å². The molecule has 3 aromatic rings. The second-order valence-electron chi connectivity index (χ2n) is 11.6. The molecule has 2 fully saturated rings. The number of fused-ring (bicyclic) bond motifs is 2. The molecule has 2 aliphatic carbocycles. The van der Waals surface area contributed by atoms with Gasteiger partial charge in [-0.25, -0.2) is 15.0 Å². The van der Waals surface area contributed by atoms with Gasteiger partial charge in [-0.2, -0.15) is 0 Å². The zero-order valence-electron chi connectivity index (χ0n) is 22.2. The van der Waals surface area contributed by atoms with E-state index in [-0.39, 0.29) is 12.1 Å². The Morgan fingerprint density at radius 3 is 2.39 bits per heavy atom. The van der Waals surface area contributed by atoms with Gasteiger partial charge in [0.05, 0.1) is 22.7 Å². The molecule has 8 heteroatoms. The van der Waals surface area contributed by atoms with Gasteiger partial charge < -0.3 is 19.6 Å². The molecule has 2 aromatic heterocycles. The molecule has 7 rings (SSSR count). The fraction of sp³-hybridized carbons (Fsp3) is 0.500. The fourth-order valence-electron chi connectivity index (χ4n) is 6.87. The third-order valence-electron chi connectivity index (χ3n) is 9.46. The monoisotopic (exact) mass is 529 g/mol. The minimum absolute atomic E-state index is 0.0963. The van der Waals surface area contributed by atoms with E-state index in [1.54, 1.807) is 11.8 Å². The molecule has 4 heterocycles. The van der Waals surface area contributed by atoms with Crippen molar-refractivity contribution < 1.29 is 9.84 Å². The number of likely N-dealkylation sites (N-methyl/N-ethyl adjacent to an activating group) is 1. The predicted octanol–water partition coefficient (Wildman–Crippen LogP) is 4.96. The smallest absolute Gasteiger partial charge is 0.175 e. The van der Waals surface area contributed by atoms with E-state index >= 15 is 0 Å². The van der Waals surface area contributed by atoms with Crippen molar-refractivity contribution in [1.82, 2.24) is 15.0 Å². The third kappa shape index (κ3) is 3.87. The first kappa shape index (κ1) is 24.2. The van der Waals surface area contributed by atoms with E-state index in [1.807, 2.05) is 19.2 Å². The molecular formula is C30H35N5O2S. The number of nitrogens with zero attached hydrogens (tertiary/aromatic N) is 5. The zero-order valence-corrected chi connectivity index (χ0v) is 23.1. The molecule has 0 unspecified atom stereocenters. The van der Waals surface area contributed by atoms with Crippen LogP contribution in [0.1, 0.15) is 54.6 Å². The quantitative estimate of drug-likeness (QED) is 0.508. The summed E-state index contributed by atoms with van der Waals surface area (Å²) in [7, 11) is 2.14. The Hall–Kier alpha value is -2.84. The van der Waals surface area contributed by atoms with Crippen molar-refractivity contribution in [2.45, 2.75) is 73.9 Å². The number of hydrogen-bond acceptors (Lipinski definition) is 8. The van der Waals surface area contributed by atoms with Gasteiger partial charge in [-0.15, -0.1) is 0 Å². The average molecular weight is 530 g/mol. The summed E-state index contributed by atoms with van der Waals surface area (Å²) in [6.07, 6.45) is 10.0. The van der Waals surface area contributed by atoms with Crippen LogP contribution in [0.4, 0.5) is 11.6 Å². The van der Waals surface area contributed by atoms with Gasteiger partial charge in [0.25, 0.3) is 0 Å². The number of ether oxygens (including phenoxy) is 1. The summed E-state index contributed by atoms with van der Waals surface area (Å²) in [6.45, 7) is 4.48. The lowest BCUT2D eigenvalue weighted by Crippen LogP contribution is -2.58. The van der Waals surface area contributed by atoms with Crippen LogP contribution >= 0.6 is 11.8 Å². The topological polar surface area (TPSA) is 74.6 Å². The lowest BCUT2D eigenvalue weighted by atomic mass is 9.75. The third-order valence-corrected chi connectivity index (χ3v) is 10.6. The molecular weight excluding hydrogens is 494 g/mol. The van der Waals surface area contributed by atoms with Crippen LogP contribution in [0.3, 0.4) is 0 Å². The SMILES string of the molecule is Cc1nc(N2CCC3(CC2)Cc2ccccc2C3)c(CO)nc1Sc1ccnc2c1OCC1(CCC1)N2C. The first-order valence-corrected chi connectivity index (χ1v) is 14.6. The zero-order chi connectivity index (χ0) is 25.9. The number of aryl methyl sites for hydroxylation is 1. The van der Waals surface area contributed by atoms with E-state index in [1.165, 1.54) is 30.4 Å². The number of benzene rings is 1. The summed E-state index contributed by atoms with van der Waals surface area (Å²) in [5, 5.41) is 11.1. The van der Waals surface area contributed by atoms with E-state index in [4.69, 9.17) is 14.7 Å². The van der Waals surface area contributed by atoms with Crippen molar-refractivity contribution in [2.75, 3.05) is 36.5 Å². The molecule has 1 saturated carbocycles. The normalized spacial score (nSPS) is 20.7. The van der Waals surface area contributed by atoms with E-state index in [2.05, 4.69) is 46.1 Å². The summed E-state index contributed by atoms with van der Waals surface area (Å²) < 4.78 is 6.31. The van der Waals surface area contributed by atoms with Crippen LogP contribution in [0.25, 0.3) is 0 Å². The van der Waals surface area contributed by atoms with Gasteiger partial charge in [-0.05, 0) is 74.5 Å². The summed E-state index contributed by atoms with van der Waals surface area (Å²) in [5.74, 6) is 2.56. The molecule has 0 bridgehead atoms. The summed E-state index contributed by atoms with van der Waals surface area (Å²) in [4.78, 5) is 20.2. The summed E-state index contributed by atoms with van der Waals surface area (Å²) in [5.41, 5.74) is 5.03. The van der Waals surface area contributed by atoms with Gasteiger partial charge in [0.1, 0.15) is 17.3 Å². The maximum Gasteiger partial charge on any atom is 0.175 e. The van der Waals surface area contributed by atoms with E-state index in [0.29, 0.717) is 17.7 Å². The average Bonchev–Trinajstić information content (AvgIpc) is 3.27. The highest BCUT2D eigenvalue weighted by Gasteiger charge is 2.46. The van der Waals surface area contributed by atoms with Crippen LogP contribution in [0.2, 0.25) is 0 Å². The Kier molecular flexibility index (Phi) is 5.82. The van der Waals surface area contributed by atoms with Crippen LogP contribution in [0, 0.1) is 12.3 Å². The van der Waals surface area contributed by atoms with Gasteiger partial charge in [0.2, 0.25) is 0 Å². The number of anilines is 2. The Balaban J connectivity index is 1.11.